The number of ether oxygens (including phenoxy) is 1. The number of phenols is 1. The van der Waals surface area contributed by atoms with Gasteiger partial charge in [-0.2, -0.15) is 0 Å². The van der Waals surface area contributed by atoms with Crippen LogP contribution in [0.1, 0.15) is 30.9 Å². The van der Waals surface area contributed by atoms with Crippen molar-refractivity contribution in [2.75, 3.05) is 32.8 Å². The zero-order valence-corrected chi connectivity index (χ0v) is 17.7. The third kappa shape index (κ3) is 5.74. The number of hydrogen-bond acceptors (Lipinski definition) is 5. The number of benzene rings is 2. The van der Waals surface area contributed by atoms with Crippen LogP contribution in [0.4, 0.5) is 0 Å². The molecule has 0 aliphatic carbocycles. The molecule has 3 rings (SSSR count). The van der Waals surface area contributed by atoms with Crippen molar-refractivity contribution in [1.29, 1.82) is 0 Å². The molecule has 0 aromatic heterocycles. The van der Waals surface area contributed by atoms with E-state index in [0.717, 1.165) is 37.1 Å². The van der Waals surface area contributed by atoms with E-state index in [1.807, 2.05) is 49.4 Å². The van der Waals surface area contributed by atoms with Gasteiger partial charge in [-0.25, -0.2) is 0 Å². The fourth-order valence-corrected chi connectivity index (χ4v) is 4.00. The first kappa shape index (κ1) is 22.1. The molecule has 6 nitrogen and oxygen atoms in total. The molecule has 1 fully saturated rings. The van der Waals surface area contributed by atoms with E-state index in [2.05, 4.69) is 4.90 Å². The third-order valence-electron chi connectivity index (χ3n) is 5.61. The van der Waals surface area contributed by atoms with Gasteiger partial charge >= 0.3 is 0 Å². The lowest BCUT2D eigenvalue weighted by molar-refractivity contribution is -0.138. The summed E-state index contributed by atoms with van der Waals surface area (Å²) in [5.74, 6) is 0.809. The number of rotatable bonds is 9. The third-order valence-corrected chi connectivity index (χ3v) is 5.61. The van der Waals surface area contributed by atoms with E-state index < -0.39 is 0 Å². The minimum absolute atomic E-state index is 0.0279. The van der Waals surface area contributed by atoms with Crippen LogP contribution >= 0.6 is 0 Å². The number of likely N-dealkylation sites (tertiary alicyclic amines) is 1. The van der Waals surface area contributed by atoms with Crippen molar-refractivity contribution in [2.24, 2.45) is 5.92 Å². The normalized spacial score (nSPS) is 15.1. The lowest BCUT2D eigenvalue weighted by atomic mass is 9.94. The largest absolute Gasteiger partial charge is 0.504 e. The van der Waals surface area contributed by atoms with Gasteiger partial charge in [0.05, 0.1) is 13.2 Å². The number of para-hydroxylation sites is 1. The van der Waals surface area contributed by atoms with E-state index in [4.69, 9.17) is 4.74 Å². The van der Waals surface area contributed by atoms with Crippen molar-refractivity contribution in [3.8, 4) is 11.5 Å². The minimum Gasteiger partial charge on any atom is -0.504 e. The van der Waals surface area contributed by atoms with Crippen LogP contribution in [0, 0.1) is 5.92 Å². The second-order valence-corrected chi connectivity index (χ2v) is 7.72. The maximum absolute atomic E-state index is 13.1. The molecular weight excluding hydrogens is 380 g/mol. The lowest BCUT2D eigenvalue weighted by Crippen LogP contribution is -2.43. The first-order valence-electron chi connectivity index (χ1n) is 10.7. The second kappa shape index (κ2) is 11.0. The maximum atomic E-state index is 13.1. The van der Waals surface area contributed by atoms with Gasteiger partial charge in [-0.15, -0.1) is 0 Å². The Balaban J connectivity index is 1.56. The standard InChI is InChI=1S/C24H32N2O4/c1-2-30-22-10-6-9-21(23(22)28)18-25-13-11-20(12-14-25)24(29)26(15-16-27)17-19-7-4-3-5-8-19/h3-10,20,27-28H,2,11-18H2,1H3. The molecule has 1 amide bonds. The van der Waals surface area contributed by atoms with E-state index >= 15 is 0 Å². The van der Waals surface area contributed by atoms with Crippen LogP contribution in [0.25, 0.3) is 0 Å². The number of carbonyl (C=O) groups excluding carboxylic acids is 1. The van der Waals surface area contributed by atoms with Crippen LogP contribution in [0.15, 0.2) is 48.5 Å². The van der Waals surface area contributed by atoms with Gasteiger partial charge < -0.3 is 19.8 Å². The molecule has 30 heavy (non-hydrogen) atoms. The fourth-order valence-electron chi connectivity index (χ4n) is 4.00. The van der Waals surface area contributed by atoms with Crippen LogP contribution in [-0.2, 0) is 17.9 Å². The van der Waals surface area contributed by atoms with E-state index in [1.165, 1.54) is 0 Å². The highest BCUT2D eigenvalue weighted by Crippen LogP contribution is 2.31. The van der Waals surface area contributed by atoms with Gasteiger partial charge in [-0.05, 0) is 44.5 Å². The first-order valence-corrected chi connectivity index (χ1v) is 10.7. The summed E-state index contributed by atoms with van der Waals surface area (Å²) in [5, 5.41) is 19.8. The number of nitrogens with zero attached hydrogens (tertiary/aromatic N) is 2. The van der Waals surface area contributed by atoms with Gasteiger partial charge in [0.1, 0.15) is 0 Å². The summed E-state index contributed by atoms with van der Waals surface area (Å²) >= 11 is 0. The number of amides is 1. The molecule has 1 aliphatic rings. The number of hydrogen-bond donors (Lipinski definition) is 2. The monoisotopic (exact) mass is 412 g/mol. The van der Waals surface area contributed by atoms with Crippen LogP contribution in [0.5, 0.6) is 11.5 Å². The average Bonchev–Trinajstić information content (AvgIpc) is 2.77. The molecule has 162 valence electrons. The molecule has 0 spiro atoms. The molecule has 2 N–H and O–H groups in total. The average molecular weight is 413 g/mol. The molecule has 0 radical (unpaired) electrons. The Morgan fingerprint density at radius 3 is 2.53 bits per heavy atom. The Kier molecular flexibility index (Phi) is 8.11. The Bertz CT molecular complexity index is 804. The maximum Gasteiger partial charge on any atom is 0.226 e. The van der Waals surface area contributed by atoms with Gasteiger partial charge in [0.2, 0.25) is 5.91 Å². The van der Waals surface area contributed by atoms with E-state index in [0.29, 0.717) is 32.0 Å². The predicted octanol–water partition coefficient (Wildman–Crippen LogP) is 3.02. The smallest absolute Gasteiger partial charge is 0.226 e. The van der Waals surface area contributed by atoms with Gasteiger partial charge in [-0.1, -0.05) is 42.5 Å². The molecule has 2 aromatic carbocycles. The molecule has 0 atom stereocenters. The van der Waals surface area contributed by atoms with Crippen molar-refractivity contribution in [3.63, 3.8) is 0 Å². The van der Waals surface area contributed by atoms with Crippen molar-refractivity contribution in [2.45, 2.75) is 32.9 Å². The highest BCUT2D eigenvalue weighted by atomic mass is 16.5. The molecule has 6 heteroatoms. The van der Waals surface area contributed by atoms with Crippen molar-refractivity contribution < 1.29 is 19.7 Å². The molecule has 0 bridgehead atoms. The minimum atomic E-state index is -0.0349. The van der Waals surface area contributed by atoms with Crippen LogP contribution in [0.2, 0.25) is 0 Å². The second-order valence-electron chi connectivity index (χ2n) is 7.72. The molecule has 2 aromatic rings. The summed E-state index contributed by atoms with van der Waals surface area (Å²) in [6, 6.07) is 15.5. The molecule has 1 aliphatic heterocycles. The fraction of sp³-hybridized carbons (Fsp3) is 0.458. The Morgan fingerprint density at radius 2 is 1.87 bits per heavy atom. The van der Waals surface area contributed by atoms with Crippen LogP contribution < -0.4 is 4.74 Å². The van der Waals surface area contributed by atoms with Gasteiger partial charge in [0.15, 0.2) is 11.5 Å². The summed E-state index contributed by atoms with van der Waals surface area (Å²) in [4.78, 5) is 17.1. The van der Waals surface area contributed by atoms with Gasteiger partial charge in [-0.3, -0.25) is 9.69 Å². The predicted molar refractivity (Wildman–Crippen MR) is 116 cm³/mol. The Labute approximate surface area is 178 Å². The molecular formula is C24H32N2O4. The summed E-state index contributed by atoms with van der Waals surface area (Å²) < 4.78 is 5.47. The summed E-state index contributed by atoms with van der Waals surface area (Å²) in [6.07, 6.45) is 1.56. The number of aromatic hydroxyl groups is 1. The molecule has 1 heterocycles. The Morgan fingerprint density at radius 1 is 1.13 bits per heavy atom. The van der Waals surface area contributed by atoms with Gasteiger partial charge in [0.25, 0.3) is 0 Å². The van der Waals surface area contributed by atoms with E-state index in [9.17, 15) is 15.0 Å². The van der Waals surface area contributed by atoms with Gasteiger partial charge in [0, 0.05) is 31.1 Å². The summed E-state index contributed by atoms with van der Waals surface area (Å²) in [6.45, 7) is 5.49. The number of phenolic OH excluding ortho intramolecular Hbond substituents is 1. The number of piperidine rings is 1. The summed E-state index contributed by atoms with van der Waals surface area (Å²) in [7, 11) is 0. The number of carbonyl (C=O) groups is 1. The van der Waals surface area contributed by atoms with E-state index in [1.54, 1.807) is 11.0 Å². The van der Waals surface area contributed by atoms with E-state index in [-0.39, 0.29) is 24.2 Å². The number of aliphatic hydroxyl groups excluding tert-OH is 1. The SMILES string of the molecule is CCOc1cccc(CN2CCC(C(=O)N(CCO)Cc3ccccc3)CC2)c1O. The molecule has 1 saturated heterocycles. The van der Waals surface area contributed by atoms with Crippen molar-refractivity contribution in [1.82, 2.24) is 9.80 Å². The van der Waals surface area contributed by atoms with Crippen molar-refractivity contribution in [3.05, 3.63) is 59.7 Å². The van der Waals surface area contributed by atoms with Crippen molar-refractivity contribution >= 4 is 5.91 Å². The topological polar surface area (TPSA) is 73.2 Å². The van der Waals surface area contributed by atoms with Crippen LogP contribution in [-0.4, -0.2) is 58.8 Å². The quantitative estimate of drug-likeness (QED) is 0.662. The highest BCUT2D eigenvalue weighted by Gasteiger charge is 2.29. The zero-order chi connectivity index (χ0) is 21.3. The summed E-state index contributed by atoms with van der Waals surface area (Å²) in [5.41, 5.74) is 1.91. The van der Waals surface area contributed by atoms with Crippen LogP contribution in [0.3, 0.4) is 0 Å². The highest BCUT2D eigenvalue weighted by molar-refractivity contribution is 5.79. The molecule has 0 saturated carbocycles. The first-order chi connectivity index (χ1) is 14.6. The lowest BCUT2D eigenvalue weighted by Gasteiger charge is -2.34. The number of aliphatic hydroxyl groups is 1. The zero-order valence-electron chi connectivity index (χ0n) is 17.7. The Hall–Kier alpha value is -2.57. The molecule has 0 unspecified atom stereocenters.